The third-order valence-corrected chi connectivity index (χ3v) is 6.13. The number of nitrogens with one attached hydrogen (secondary N) is 2. The first-order valence-electron chi connectivity index (χ1n) is 13.2. The van der Waals surface area contributed by atoms with E-state index in [4.69, 9.17) is 4.74 Å². The standard InChI is InChI=1S/C30H40N4O5/c1-7-8-16-32-27(36)26(23-12-9-20(2)21(3)18-23)34(17-15-31)28(37)25(33-29(38)39-30(4,5)6)19-22-10-13-24(35)14-11-22/h9-14,18,25-26,35H,7-8,16-17,19H2,1-6H3,(H,32,36)(H,33,38). The molecule has 210 valence electrons. The van der Waals surface area contributed by atoms with Crippen LogP contribution in [0.3, 0.4) is 0 Å². The molecule has 0 heterocycles. The van der Waals surface area contributed by atoms with E-state index in [2.05, 4.69) is 10.6 Å². The predicted molar refractivity (Wildman–Crippen MR) is 149 cm³/mol. The maximum atomic E-state index is 14.1. The van der Waals surface area contributed by atoms with Crippen molar-refractivity contribution in [3.05, 3.63) is 64.7 Å². The number of nitriles is 1. The van der Waals surface area contributed by atoms with Crippen LogP contribution in [0.25, 0.3) is 0 Å². The average Bonchev–Trinajstić information content (AvgIpc) is 2.85. The van der Waals surface area contributed by atoms with Crippen LogP contribution in [0.5, 0.6) is 5.75 Å². The molecule has 0 radical (unpaired) electrons. The van der Waals surface area contributed by atoms with Gasteiger partial charge in [0.1, 0.15) is 30.0 Å². The van der Waals surface area contributed by atoms with Crippen LogP contribution in [0.2, 0.25) is 0 Å². The molecule has 2 atom stereocenters. The Bertz CT molecular complexity index is 1180. The molecular formula is C30H40N4O5. The van der Waals surface area contributed by atoms with Crippen LogP contribution in [-0.2, 0) is 20.7 Å². The van der Waals surface area contributed by atoms with Gasteiger partial charge in [0.05, 0.1) is 6.07 Å². The molecule has 2 rings (SSSR count). The Kier molecular flexibility index (Phi) is 11.3. The first-order valence-corrected chi connectivity index (χ1v) is 13.2. The molecule has 2 unspecified atom stereocenters. The van der Waals surface area contributed by atoms with Crippen molar-refractivity contribution in [3.63, 3.8) is 0 Å². The summed E-state index contributed by atoms with van der Waals surface area (Å²) in [5.41, 5.74) is 2.39. The summed E-state index contributed by atoms with van der Waals surface area (Å²) in [6, 6.07) is 11.5. The van der Waals surface area contributed by atoms with Gasteiger partial charge in [0.2, 0.25) is 11.8 Å². The van der Waals surface area contributed by atoms with E-state index in [9.17, 15) is 24.8 Å². The van der Waals surface area contributed by atoms with E-state index < -0.39 is 35.6 Å². The van der Waals surface area contributed by atoms with Gasteiger partial charge < -0.3 is 25.4 Å². The van der Waals surface area contributed by atoms with Crippen molar-refractivity contribution in [1.29, 1.82) is 5.26 Å². The van der Waals surface area contributed by atoms with Gasteiger partial charge in [-0.15, -0.1) is 0 Å². The molecule has 0 saturated heterocycles. The number of alkyl carbamates (subject to hydrolysis) is 1. The van der Waals surface area contributed by atoms with Crippen molar-refractivity contribution in [2.45, 2.75) is 78.5 Å². The summed E-state index contributed by atoms with van der Waals surface area (Å²) >= 11 is 0. The topological polar surface area (TPSA) is 132 Å². The van der Waals surface area contributed by atoms with Crippen LogP contribution >= 0.6 is 0 Å². The highest BCUT2D eigenvalue weighted by atomic mass is 16.6. The fourth-order valence-electron chi connectivity index (χ4n) is 3.98. The number of aryl methyl sites for hydroxylation is 2. The van der Waals surface area contributed by atoms with Crippen LogP contribution in [0.15, 0.2) is 42.5 Å². The van der Waals surface area contributed by atoms with E-state index in [1.165, 1.54) is 17.0 Å². The number of carbonyl (C=O) groups excluding carboxylic acids is 3. The highest BCUT2D eigenvalue weighted by Crippen LogP contribution is 2.25. The van der Waals surface area contributed by atoms with Crippen LogP contribution in [0.4, 0.5) is 4.79 Å². The molecule has 0 spiro atoms. The summed E-state index contributed by atoms with van der Waals surface area (Å²) in [6.07, 6.45) is 0.898. The maximum Gasteiger partial charge on any atom is 0.408 e. The molecule has 2 aromatic carbocycles. The van der Waals surface area contributed by atoms with E-state index >= 15 is 0 Å². The number of carbonyl (C=O) groups is 3. The van der Waals surface area contributed by atoms with Gasteiger partial charge in [-0.05, 0) is 75.4 Å². The summed E-state index contributed by atoms with van der Waals surface area (Å²) in [5, 5.41) is 24.9. The molecule has 0 aromatic heterocycles. The Morgan fingerprint density at radius 1 is 1.08 bits per heavy atom. The smallest absolute Gasteiger partial charge is 0.408 e. The van der Waals surface area contributed by atoms with Crippen LogP contribution in [-0.4, -0.2) is 52.6 Å². The van der Waals surface area contributed by atoms with Crippen molar-refractivity contribution in [3.8, 4) is 11.8 Å². The number of phenolic OH excluding ortho intramolecular Hbond substituents is 1. The van der Waals surface area contributed by atoms with Gasteiger partial charge >= 0.3 is 6.09 Å². The van der Waals surface area contributed by atoms with Crippen molar-refractivity contribution >= 4 is 17.9 Å². The normalized spacial score (nSPS) is 12.5. The van der Waals surface area contributed by atoms with E-state index in [1.807, 2.05) is 39.0 Å². The second kappa shape index (κ2) is 14.2. The van der Waals surface area contributed by atoms with Gasteiger partial charge in [0.15, 0.2) is 0 Å². The quantitative estimate of drug-likeness (QED) is 0.287. The van der Waals surface area contributed by atoms with Gasteiger partial charge in [-0.1, -0.05) is 43.7 Å². The molecule has 0 bridgehead atoms. The number of benzene rings is 2. The van der Waals surface area contributed by atoms with Gasteiger partial charge in [-0.3, -0.25) is 9.59 Å². The largest absolute Gasteiger partial charge is 0.508 e. The zero-order valence-corrected chi connectivity index (χ0v) is 23.7. The number of amides is 3. The molecule has 0 saturated carbocycles. The van der Waals surface area contributed by atoms with Crippen LogP contribution in [0.1, 0.15) is 68.8 Å². The molecule has 0 aliphatic rings. The van der Waals surface area contributed by atoms with Crippen molar-refractivity contribution < 1.29 is 24.2 Å². The lowest BCUT2D eigenvalue weighted by atomic mass is 9.97. The monoisotopic (exact) mass is 536 g/mol. The number of phenols is 1. The number of rotatable bonds is 11. The predicted octanol–water partition coefficient (Wildman–Crippen LogP) is 4.45. The minimum Gasteiger partial charge on any atom is -0.508 e. The number of ether oxygens (including phenoxy) is 1. The zero-order valence-electron chi connectivity index (χ0n) is 23.7. The summed E-state index contributed by atoms with van der Waals surface area (Å²) in [7, 11) is 0. The van der Waals surface area contributed by atoms with Gasteiger partial charge in [0, 0.05) is 13.0 Å². The van der Waals surface area contributed by atoms with E-state index in [0.29, 0.717) is 17.7 Å². The molecule has 0 aliphatic carbocycles. The first-order chi connectivity index (χ1) is 18.4. The Hall–Kier alpha value is -4.06. The number of aromatic hydroxyl groups is 1. The second-order valence-electron chi connectivity index (χ2n) is 10.6. The lowest BCUT2D eigenvalue weighted by molar-refractivity contribution is -0.141. The molecule has 2 aromatic rings. The third-order valence-electron chi connectivity index (χ3n) is 6.13. The van der Waals surface area contributed by atoms with Gasteiger partial charge in [0.25, 0.3) is 0 Å². The molecule has 0 fully saturated rings. The Labute approximate surface area is 231 Å². The number of nitrogens with zero attached hydrogens (tertiary/aromatic N) is 2. The summed E-state index contributed by atoms with van der Waals surface area (Å²) in [5.74, 6) is -0.952. The third kappa shape index (κ3) is 9.64. The van der Waals surface area contributed by atoms with Crippen molar-refractivity contribution in [1.82, 2.24) is 15.5 Å². The SMILES string of the molecule is CCCCNC(=O)C(c1ccc(C)c(C)c1)N(CC#N)C(=O)C(Cc1ccc(O)cc1)NC(=O)OC(C)(C)C. The summed E-state index contributed by atoms with van der Waals surface area (Å²) in [4.78, 5) is 41.5. The number of hydrogen-bond donors (Lipinski definition) is 3. The Morgan fingerprint density at radius 2 is 1.74 bits per heavy atom. The number of hydrogen-bond acceptors (Lipinski definition) is 6. The van der Waals surface area contributed by atoms with Crippen LogP contribution < -0.4 is 10.6 Å². The highest BCUT2D eigenvalue weighted by Gasteiger charge is 2.36. The minimum absolute atomic E-state index is 0.0530. The van der Waals surface area contributed by atoms with E-state index in [0.717, 1.165) is 24.0 Å². The number of unbranched alkanes of at least 4 members (excludes halogenated alkanes) is 1. The maximum absolute atomic E-state index is 14.1. The molecule has 3 N–H and O–H groups in total. The fraction of sp³-hybridized carbons (Fsp3) is 0.467. The molecule has 39 heavy (non-hydrogen) atoms. The van der Waals surface area contributed by atoms with Crippen molar-refractivity contribution in [2.24, 2.45) is 0 Å². The highest BCUT2D eigenvalue weighted by molar-refractivity contribution is 5.92. The minimum atomic E-state index is -1.14. The fourth-order valence-corrected chi connectivity index (χ4v) is 3.98. The summed E-state index contributed by atoms with van der Waals surface area (Å²) in [6.45, 7) is 11.1. The first kappa shape index (κ1) is 31.2. The average molecular weight is 537 g/mol. The molecule has 9 heteroatoms. The van der Waals surface area contributed by atoms with Gasteiger partial charge in [-0.2, -0.15) is 5.26 Å². The summed E-state index contributed by atoms with van der Waals surface area (Å²) < 4.78 is 5.40. The molecular weight excluding hydrogens is 496 g/mol. The molecule has 0 aliphatic heterocycles. The second-order valence-corrected chi connectivity index (χ2v) is 10.6. The van der Waals surface area contributed by atoms with Crippen molar-refractivity contribution in [2.75, 3.05) is 13.1 Å². The van der Waals surface area contributed by atoms with Crippen LogP contribution in [0, 0.1) is 25.2 Å². The molecule has 3 amide bonds. The lowest BCUT2D eigenvalue weighted by Gasteiger charge is -2.33. The Morgan fingerprint density at radius 3 is 2.31 bits per heavy atom. The Balaban J connectivity index is 2.53. The van der Waals surface area contributed by atoms with Gasteiger partial charge in [-0.25, -0.2) is 4.79 Å². The molecule has 9 nitrogen and oxygen atoms in total. The van der Waals surface area contributed by atoms with E-state index in [1.54, 1.807) is 39.0 Å². The zero-order chi connectivity index (χ0) is 29.2. The lowest BCUT2D eigenvalue weighted by Crippen LogP contribution is -2.54. The van der Waals surface area contributed by atoms with E-state index in [-0.39, 0.29) is 18.7 Å².